The van der Waals surface area contributed by atoms with Crippen LogP contribution >= 0.6 is 15.9 Å². The molecule has 0 spiro atoms. The lowest BCUT2D eigenvalue weighted by Gasteiger charge is -2.12. The summed E-state index contributed by atoms with van der Waals surface area (Å²) in [5.74, 6) is 1.09. The molecule has 0 aromatic carbocycles. The van der Waals surface area contributed by atoms with E-state index in [9.17, 15) is 5.11 Å². The van der Waals surface area contributed by atoms with E-state index in [0.29, 0.717) is 21.7 Å². The number of halogens is 1. The summed E-state index contributed by atoms with van der Waals surface area (Å²) in [6, 6.07) is 5.21. The van der Waals surface area contributed by atoms with Crippen molar-refractivity contribution in [3.05, 3.63) is 46.6 Å². The van der Waals surface area contributed by atoms with Crippen LogP contribution in [0.5, 0.6) is 5.75 Å². The highest BCUT2D eigenvalue weighted by molar-refractivity contribution is 9.10. The van der Waals surface area contributed by atoms with Gasteiger partial charge >= 0.3 is 0 Å². The molecule has 0 amide bonds. The van der Waals surface area contributed by atoms with Crippen LogP contribution in [0.1, 0.15) is 31.3 Å². The Bertz CT molecular complexity index is 524. The van der Waals surface area contributed by atoms with Gasteiger partial charge in [-0.2, -0.15) is 0 Å². The number of rotatable bonds is 4. The van der Waals surface area contributed by atoms with Crippen LogP contribution in [0.4, 0.5) is 0 Å². The Kier molecular flexibility index (Phi) is 4.04. The maximum Gasteiger partial charge on any atom is 0.169 e. The minimum atomic E-state index is -0.848. The van der Waals surface area contributed by atoms with Crippen LogP contribution in [0.2, 0.25) is 0 Å². The first-order chi connectivity index (χ1) is 8.56. The predicted molar refractivity (Wildman–Crippen MR) is 70.5 cm³/mol. The lowest BCUT2D eigenvalue weighted by Crippen LogP contribution is -2.07. The molecule has 2 aromatic rings. The summed E-state index contributed by atoms with van der Waals surface area (Å²) in [7, 11) is 0. The summed E-state index contributed by atoms with van der Waals surface area (Å²) in [4.78, 5) is 4.05. The van der Waals surface area contributed by atoms with Crippen LogP contribution in [0.3, 0.4) is 0 Å². The molecule has 18 heavy (non-hydrogen) atoms. The van der Waals surface area contributed by atoms with Crippen molar-refractivity contribution in [1.29, 1.82) is 0 Å². The third-order valence-corrected chi connectivity index (χ3v) is 2.71. The van der Waals surface area contributed by atoms with Gasteiger partial charge in [0.2, 0.25) is 0 Å². The van der Waals surface area contributed by atoms with Crippen molar-refractivity contribution < 1.29 is 14.3 Å². The fourth-order valence-corrected chi connectivity index (χ4v) is 1.88. The van der Waals surface area contributed by atoms with Crippen molar-refractivity contribution in [2.24, 2.45) is 0 Å². The van der Waals surface area contributed by atoms with Gasteiger partial charge in [0.05, 0.1) is 12.3 Å². The van der Waals surface area contributed by atoms with Crippen molar-refractivity contribution in [3.63, 3.8) is 0 Å². The second kappa shape index (κ2) is 5.54. The van der Waals surface area contributed by atoms with Gasteiger partial charge in [0.15, 0.2) is 4.67 Å². The van der Waals surface area contributed by atoms with Gasteiger partial charge < -0.3 is 14.3 Å². The molecule has 0 aliphatic heterocycles. The molecule has 0 aliphatic carbocycles. The number of pyridine rings is 1. The lowest BCUT2D eigenvalue weighted by molar-refractivity contribution is 0.185. The summed E-state index contributed by atoms with van der Waals surface area (Å²) in [5.41, 5.74) is 0.634. The smallest absolute Gasteiger partial charge is 0.169 e. The zero-order valence-corrected chi connectivity index (χ0v) is 11.7. The SMILES string of the molecule is CC(C)Oc1cncc(C(O)c2ccc(Br)o2)c1. The minimum Gasteiger partial charge on any atom is -0.489 e. The molecule has 0 radical (unpaired) electrons. The molecular formula is C13H14BrNO3. The Hall–Kier alpha value is -1.33. The highest BCUT2D eigenvalue weighted by Gasteiger charge is 2.15. The van der Waals surface area contributed by atoms with Crippen molar-refractivity contribution in [1.82, 2.24) is 4.98 Å². The van der Waals surface area contributed by atoms with E-state index in [4.69, 9.17) is 9.15 Å². The van der Waals surface area contributed by atoms with E-state index in [1.54, 1.807) is 30.6 Å². The van der Waals surface area contributed by atoms with Crippen LogP contribution < -0.4 is 4.74 Å². The van der Waals surface area contributed by atoms with Gasteiger partial charge in [0.25, 0.3) is 0 Å². The Balaban J connectivity index is 2.22. The maximum absolute atomic E-state index is 10.2. The van der Waals surface area contributed by atoms with Crippen LogP contribution in [-0.2, 0) is 0 Å². The molecule has 2 aromatic heterocycles. The molecule has 0 bridgehead atoms. The van der Waals surface area contributed by atoms with Crippen LogP contribution in [0.15, 0.2) is 39.7 Å². The molecule has 1 atom stereocenters. The Labute approximate surface area is 114 Å². The van der Waals surface area contributed by atoms with Crippen molar-refractivity contribution >= 4 is 15.9 Å². The monoisotopic (exact) mass is 311 g/mol. The molecular weight excluding hydrogens is 298 g/mol. The Morgan fingerprint density at radius 1 is 1.33 bits per heavy atom. The predicted octanol–water partition coefficient (Wildman–Crippen LogP) is 3.31. The topological polar surface area (TPSA) is 55.5 Å². The van der Waals surface area contributed by atoms with Gasteiger partial charge in [0, 0.05) is 11.8 Å². The zero-order chi connectivity index (χ0) is 13.1. The Morgan fingerprint density at radius 2 is 2.11 bits per heavy atom. The molecule has 1 unspecified atom stereocenters. The molecule has 0 saturated carbocycles. The third-order valence-electron chi connectivity index (χ3n) is 2.29. The number of furan rings is 1. The van der Waals surface area contributed by atoms with Crippen molar-refractivity contribution in [2.45, 2.75) is 26.1 Å². The van der Waals surface area contributed by atoms with E-state index in [0.717, 1.165) is 0 Å². The number of hydrogen-bond acceptors (Lipinski definition) is 4. The van der Waals surface area contributed by atoms with E-state index in [-0.39, 0.29) is 6.10 Å². The molecule has 5 heteroatoms. The number of ether oxygens (including phenoxy) is 1. The minimum absolute atomic E-state index is 0.0666. The third kappa shape index (κ3) is 3.11. The summed E-state index contributed by atoms with van der Waals surface area (Å²) < 4.78 is 11.4. The highest BCUT2D eigenvalue weighted by atomic mass is 79.9. The summed E-state index contributed by atoms with van der Waals surface area (Å²) >= 11 is 3.20. The number of aliphatic hydroxyl groups excluding tert-OH is 1. The number of hydrogen-bond donors (Lipinski definition) is 1. The first kappa shape index (κ1) is 13.1. The van der Waals surface area contributed by atoms with E-state index in [1.807, 2.05) is 13.8 Å². The lowest BCUT2D eigenvalue weighted by atomic mass is 10.1. The largest absolute Gasteiger partial charge is 0.489 e. The average Bonchev–Trinajstić information content (AvgIpc) is 2.74. The number of nitrogens with zero attached hydrogens (tertiary/aromatic N) is 1. The normalized spacial score (nSPS) is 12.7. The molecule has 0 saturated heterocycles. The van der Waals surface area contributed by atoms with Crippen LogP contribution in [-0.4, -0.2) is 16.2 Å². The average molecular weight is 312 g/mol. The summed E-state index contributed by atoms with van der Waals surface area (Å²) in [6.45, 7) is 3.87. The van der Waals surface area contributed by atoms with E-state index >= 15 is 0 Å². The van der Waals surface area contributed by atoms with E-state index in [2.05, 4.69) is 20.9 Å². The molecule has 1 N–H and O–H groups in total. The fourth-order valence-electron chi connectivity index (χ4n) is 1.56. The van der Waals surface area contributed by atoms with Crippen LogP contribution in [0, 0.1) is 0 Å². The molecule has 0 fully saturated rings. The first-order valence-electron chi connectivity index (χ1n) is 5.61. The second-order valence-corrected chi connectivity index (χ2v) is 4.95. The standard InChI is InChI=1S/C13H14BrNO3/c1-8(2)17-10-5-9(6-15-7-10)13(16)11-3-4-12(14)18-11/h3-8,13,16H,1-2H3. The van der Waals surface area contributed by atoms with Crippen molar-refractivity contribution in [2.75, 3.05) is 0 Å². The highest BCUT2D eigenvalue weighted by Crippen LogP contribution is 2.27. The number of aromatic nitrogens is 1. The molecule has 2 heterocycles. The van der Waals surface area contributed by atoms with Crippen LogP contribution in [0.25, 0.3) is 0 Å². The molecule has 4 nitrogen and oxygen atoms in total. The summed E-state index contributed by atoms with van der Waals surface area (Å²) in [5, 5.41) is 10.2. The molecule has 0 aliphatic rings. The van der Waals surface area contributed by atoms with Gasteiger partial charge in [-0.05, 0) is 48.0 Å². The van der Waals surface area contributed by atoms with Gasteiger partial charge in [-0.3, -0.25) is 4.98 Å². The fraction of sp³-hybridized carbons (Fsp3) is 0.308. The van der Waals surface area contributed by atoms with Gasteiger partial charge in [-0.15, -0.1) is 0 Å². The number of aliphatic hydroxyl groups is 1. The van der Waals surface area contributed by atoms with Crippen molar-refractivity contribution in [3.8, 4) is 5.75 Å². The summed E-state index contributed by atoms with van der Waals surface area (Å²) in [6.07, 6.45) is 2.43. The maximum atomic E-state index is 10.2. The zero-order valence-electron chi connectivity index (χ0n) is 10.1. The van der Waals surface area contributed by atoms with Gasteiger partial charge in [-0.1, -0.05) is 0 Å². The van der Waals surface area contributed by atoms with Gasteiger partial charge in [0.1, 0.15) is 17.6 Å². The first-order valence-corrected chi connectivity index (χ1v) is 6.40. The quantitative estimate of drug-likeness (QED) is 0.941. The molecule has 96 valence electrons. The molecule has 2 rings (SSSR count). The second-order valence-electron chi connectivity index (χ2n) is 4.16. The van der Waals surface area contributed by atoms with E-state index in [1.165, 1.54) is 0 Å². The Morgan fingerprint density at radius 3 is 2.72 bits per heavy atom. The van der Waals surface area contributed by atoms with E-state index < -0.39 is 6.10 Å². The van der Waals surface area contributed by atoms with Gasteiger partial charge in [-0.25, -0.2) is 0 Å².